The minimum Gasteiger partial charge on any atom is -0.449 e. The predicted octanol–water partition coefficient (Wildman–Crippen LogP) is 4.04. The summed E-state index contributed by atoms with van der Waals surface area (Å²) < 4.78 is 10.5. The summed E-state index contributed by atoms with van der Waals surface area (Å²) >= 11 is 3.86. The van der Waals surface area contributed by atoms with E-state index >= 15 is 0 Å². The van der Waals surface area contributed by atoms with Crippen LogP contribution < -0.4 is 5.32 Å². The number of esters is 1. The third kappa shape index (κ3) is 4.82. The van der Waals surface area contributed by atoms with E-state index in [0.29, 0.717) is 21.7 Å². The Kier molecular flexibility index (Phi) is 6.26. The second-order valence-corrected chi connectivity index (χ2v) is 8.63. The lowest BCUT2D eigenvalue weighted by atomic mass is 10.1. The number of nitrogens with one attached hydrogen (secondary N) is 1. The lowest BCUT2D eigenvalue weighted by molar-refractivity contribution is -0.123. The number of anilines is 1. The molecule has 1 amide bonds. The van der Waals surface area contributed by atoms with E-state index in [9.17, 15) is 9.59 Å². The number of carbonyl (C=O) groups is 2. The zero-order chi connectivity index (χ0) is 18.5. The van der Waals surface area contributed by atoms with Crippen molar-refractivity contribution in [3.05, 3.63) is 47.2 Å². The van der Waals surface area contributed by atoms with Gasteiger partial charge in [-0.1, -0.05) is 17.3 Å². The van der Waals surface area contributed by atoms with Gasteiger partial charge in [0.05, 0.1) is 10.1 Å². The maximum atomic E-state index is 12.3. The Bertz CT molecular complexity index is 770. The summed E-state index contributed by atoms with van der Waals surface area (Å²) in [4.78, 5) is 24.3. The molecule has 0 spiro atoms. The molecule has 1 aromatic carbocycles. The van der Waals surface area contributed by atoms with Crippen LogP contribution in [0.3, 0.4) is 0 Å². The molecular formula is C18H20N2O4S2. The molecule has 8 heteroatoms. The summed E-state index contributed by atoms with van der Waals surface area (Å²) in [5.74, 6) is 2.22. The fourth-order valence-corrected chi connectivity index (χ4v) is 5.29. The van der Waals surface area contributed by atoms with Crippen molar-refractivity contribution in [2.45, 2.75) is 31.0 Å². The average molecular weight is 393 g/mol. The maximum absolute atomic E-state index is 12.3. The molecule has 0 bridgehead atoms. The van der Waals surface area contributed by atoms with E-state index in [2.05, 4.69) is 10.5 Å². The molecule has 1 atom stereocenters. The minimum atomic E-state index is -0.941. The van der Waals surface area contributed by atoms with Gasteiger partial charge in [0.1, 0.15) is 5.76 Å². The molecule has 6 nitrogen and oxygen atoms in total. The first kappa shape index (κ1) is 18.8. The van der Waals surface area contributed by atoms with E-state index in [1.807, 2.05) is 35.7 Å². The van der Waals surface area contributed by atoms with Crippen molar-refractivity contribution < 1.29 is 18.8 Å². The quantitative estimate of drug-likeness (QED) is 0.769. The second kappa shape index (κ2) is 8.64. The zero-order valence-corrected chi connectivity index (χ0v) is 16.2. The first-order valence-electron chi connectivity index (χ1n) is 8.31. The van der Waals surface area contributed by atoms with E-state index in [1.165, 1.54) is 30.4 Å². The zero-order valence-electron chi connectivity index (χ0n) is 14.6. The van der Waals surface area contributed by atoms with Crippen molar-refractivity contribution in [1.82, 2.24) is 5.16 Å². The minimum absolute atomic E-state index is 0.294. The van der Waals surface area contributed by atoms with Gasteiger partial charge in [0.15, 0.2) is 11.9 Å². The van der Waals surface area contributed by atoms with E-state index < -0.39 is 18.0 Å². The molecular weight excluding hydrogens is 372 g/mol. The lowest BCUT2D eigenvalue weighted by Crippen LogP contribution is -2.30. The van der Waals surface area contributed by atoms with Gasteiger partial charge >= 0.3 is 5.97 Å². The Labute approximate surface area is 160 Å². The number of ether oxygens (including phenoxy) is 1. The monoisotopic (exact) mass is 392 g/mol. The van der Waals surface area contributed by atoms with Crippen LogP contribution in [0.4, 0.5) is 5.82 Å². The van der Waals surface area contributed by atoms with Crippen LogP contribution in [-0.2, 0) is 9.53 Å². The molecule has 1 fully saturated rings. The molecule has 0 unspecified atom stereocenters. The molecule has 2 heterocycles. The van der Waals surface area contributed by atoms with Gasteiger partial charge in [-0.05, 0) is 49.5 Å². The molecule has 1 N–H and O–H groups in total. The number of rotatable bonds is 5. The molecule has 0 saturated carbocycles. The van der Waals surface area contributed by atoms with Gasteiger partial charge in [0.2, 0.25) is 0 Å². The summed E-state index contributed by atoms with van der Waals surface area (Å²) in [6.07, 6.45) is 0.299. The molecule has 1 aliphatic heterocycles. The number of hydrogen-bond donors (Lipinski definition) is 1. The summed E-state index contributed by atoms with van der Waals surface area (Å²) in [7, 11) is 0. The van der Waals surface area contributed by atoms with Crippen molar-refractivity contribution in [2.75, 3.05) is 16.8 Å². The lowest BCUT2D eigenvalue weighted by Gasteiger charge is -2.21. The number of nitrogens with zero attached hydrogens (tertiary/aromatic N) is 1. The third-order valence-corrected chi connectivity index (χ3v) is 6.79. The maximum Gasteiger partial charge on any atom is 0.338 e. The van der Waals surface area contributed by atoms with Crippen LogP contribution in [0.5, 0.6) is 0 Å². The van der Waals surface area contributed by atoms with Gasteiger partial charge in [0, 0.05) is 6.07 Å². The van der Waals surface area contributed by atoms with Gasteiger partial charge in [-0.25, -0.2) is 4.79 Å². The molecule has 2 aromatic rings. The first-order valence-corrected chi connectivity index (χ1v) is 10.4. The average Bonchev–Trinajstić information content (AvgIpc) is 3.07. The number of hydrogen-bond acceptors (Lipinski definition) is 7. The van der Waals surface area contributed by atoms with Crippen LogP contribution in [0, 0.1) is 6.92 Å². The fourth-order valence-electron chi connectivity index (χ4n) is 2.39. The topological polar surface area (TPSA) is 81.4 Å². The highest BCUT2D eigenvalue weighted by atomic mass is 32.2. The predicted molar refractivity (Wildman–Crippen MR) is 103 cm³/mol. The molecule has 1 aromatic heterocycles. The van der Waals surface area contributed by atoms with Gasteiger partial charge in [-0.2, -0.15) is 0 Å². The number of aromatic nitrogens is 1. The van der Waals surface area contributed by atoms with Crippen LogP contribution >= 0.6 is 23.5 Å². The van der Waals surface area contributed by atoms with Gasteiger partial charge < -0.3 is 14.6 Å². The van der Waals surface area contributed by atoms with Crippen molar-refractivity contribution in [3.63, 3.8) is 0 Å². The third-order valence-electron chi connectivity index (χ3n) is 3.78. The smallest absolute Gasteiger partial charge is 0.338 e. The normalized spacial score (nSPS) is 16.1. The van der Waals surface area contributed by atoms with Gasteiger partial charge in [-0.15, -0.1) is 23.5 Å². The molecule has 1 aliphatic rings. The van der Waals surface area contributed by atoms with Crippen molar-refractivity contribution in [2.24, 2.45) is 0 Å². The Morgan fingerprint density at radius 3 is 2.58 bits per heavy atom. The molecule has 0 radical (unpaired) electrons. The van der Waals surface area contributed by atoms with Crippen molar-refractivity contribution >= 4 is 41.2 Å². The SMILES string of the molecule is Cc1cc(NC(=O)[C@H](C)OC(=O)c2ccc(C3SCCCS3)cc2)no1. The highest BCUT2D eigenvalue weighted by molar-refractivity contribution is 8.16. The molecule has 0 aliphatic carbocycles. The van der Waals surface area contributed by atoms with Crippen molar-refractivity contribution in [1.29, 1.82) is 0 Å². The van der Waals surface area contributed by atoms with E-state index in [4.69, 9.17) is 9.26 Å². The summed E-state index contributed by atoms with van der Waals surface area (Å²) in [6.45, 7) is 3.24. The van der Waals surface area contributed by atoms with Gasteiger partial charge in [0.25, 0.3) is 5.91 Å². The summed E-state index contributed by atoms with van der Waals surface area (Å²) in [5, 5.41) is 6.22. The van der Waals surface area contributed by atoms with Crippen LogP contribution in [0.25, 0.3) is 0 Å². The Balaban J connectivity index is 1.55. The standard InChI is InChI=1S/C18H20N2O4S2/c1-11-10-15(20-24-11)19-16(21)12(2)23-17(22)13-4-6-14(7-5-13)18-25-8-3-9-26-18/h4-7,10,12,18H,3,8-9H2,1-2H3,(H,19,20,21)/t12-/m0/s1. The number of aryl methyl sites for hydroxylation is 1. The second-order valence-electron chi connectivity index (χ2n) is 5.91. The highest BCUT2D eigenvalue weighted by Crippen LogP contribution is 2.43. The first-order chi connectivity index (χ1) is 12.5. The Hall–Kier alpha value is -1.93. The largest absolute Gasteiger partial charge is 0.449 e. The van der Waals surface area contributed by atoms with Crippen LogP contribution in [0.1, 0.15) is 39.6 Å². The molecule has 1 saturated heterocycles. The highest BCUT2D eigenvalue weighted by Gasteiger charge is 2.21. The van der Waals surface area contributed by atoms with Gasteiger partial charge in [-0.3, -0.25) is 4.79 Å². The number of amides is 1. The molecule has 138 valence electrons. The summed E-state index contributed by atoms with van der Waals surface area (Å²) in [6, 6.07) is 9.00. The number of benzene rings is 1. The fraction of sp³-hybridized carbons (Fsp3) is 0.389. The van der Waals surface area contributed by atoms with Crippen LogP contribution in [0.15, 0.2) is 34.9 Å². The van der Waals surface area contributed by atoms with Crippen LogP contribution in [0.2, 0.25) is 0 Å². The van der Waals surface area contributed by atoms with E-state index in [-0.39, 0.29) is 0 Å². The Morgan fingerprint density at radius 1 is 1.27 bits per heavy atom. The number of carbonyl (C=O) groups excluding carboxylic acids is 2. The molecule has 3 rings (SSSR count). The molecule has 26 heavy (non-hydrogen) atoms. The Morgan fingerprint density at radius 2 is 1.96 bits per heavy atom. The van der Waals surface area contributed by atoms with Crippen molar-refractivity contribution in [3.8, 4) is 0 Å². The van der Waals surface area contributed by atoms with E-state index in [0.717, 1.165) is 0 Å². The number of thioether (sulfide) groups is 2. The van der Waals surface area contributed by atoms with Crippen LogP contribution in [-0.4, -0.2) is 34.6 Å². The summed E-state index contributed by atoms with van der Waals surface area (Å²) in [5.41, 5.74) is 1.62. The van der Waals surface area contributed by atoms with E-state index in [1.54, 1.807) is 25.1 Å².